The first-order valence-electron chi connectivity index (χ1n) is 9.12. The number of ether oxygens (including phenoxy) is 2. The summed E-state index contributed by atoms with van der Waals surface area (Å²) in [7, 11) is 3.05. The summed E-state index contributed by atoms with van der Waals surface area (Å²) in [6, 6.07) is 12.2. The number of nitrogens with zero attached hydrogens (tertiary/aromatic N) is 1. The monoisotopic (exact) mass is 397 g/mol. The Bertz CT molecular complexity index is 944. The minimum absolute atomic E-state index is 0.0560. The van der Waals surface area contributed by atoms with Gasteiger partial charge in [-0.05, 0) is 30.7 Å². The highest BCUT2D eigenvalue weighted by Crippen LogP contribution is 2.34. The first-order valence-corrected chi connectivity index (χ1v) is 9.12. The van der Waals surface area contributed by atoms with E-state index in [-0.39, 0.29) is 18.9 Å². The summed E-state index contributed by atoms with van der Waals surface area (Å²) in [5.41, 5.74) is 6.73. The zero-order valence-electron chi connectivity index (χ0n) is 16.5. The van der Waals surface area contributed by atoms with Gasteiger partial charge in [0, 0.05) is 30.3 Å². The third-order valence-electron chi connectivity index (χ3n) is 4.86. The van der Waals surface area contributed by atoms with Crippen LogP contribution in [0.2, 0.25) is 0 Å². The highest BCUT2D eigenvalue weighted by Gasteiger charge is 2.35. The van der Waals surface area contributed by atoms with Crippen LogP contribution in [-0.2, 0) is 9.59 Å². The number of aryl methyl sites for hydroxylation is 1. The highest BCUT2D eigenvalue weighted by atomic mass is 16.5. The van der Waals surface area contributed by atoms with Crippen LogP contribution in [0.3, 0.4) is 0 Å². The second kappa shape index (κ2) is 8.64. The molecule has 1 heterocycles. The second-order valence-corrected chi connectivity index (χ2v) is 6.70. The lowest BCUT2D eigenvalue weighted by Gasteiger charge is -2.18. The van der Waals surface area contributed by atoms with Crippen LogP contribution in [0.15, 0.2) is 42.5 Å². The van der Waals surface area contributed by atoms with Gasteiger partial charge in [0.15, 0.2) is 11.5 Å². The standard InChI is InChI=1S/C21H23N3O5/c1-13-6-4-5-7-16(13)21(27)23-22-20(26)14-10-19(25)24(12-14)15-8-9-17(28-2)18(11-15)29-3/h4-9,11,14H,10,12H2,1-3H3,(H,22,26)(H,23,27). The largest absolute Gasteiger partial charge is 0.493 e. The number of hydrogen-bond acceptors (Lipinski definition) is 5. The summed E-state index contributed by atoms with van der Waals surface area (Å²) in [5, 5.41) is 0. The van der Waals surface area contributed by atoms with Crippen molar-refractivity contribution in [2.24, 2.45) is 5.92 Å². The first kappa shape index (κ1) is 20.2. The molecule has 0 aromatic heterocycles. The molecular formula is C21H23N3O5. The summed E-state index contributed by atoms with van der Waals surface area (Å²) in [4.78, 5) is 38.7. The van der Waals surface area contributed by atoms with Crippen LogP contribution < -0.4 is 25.2 Å². The number of carbonyl (C=O) groups is 3. The Kier molecular flexibility index (Phi) is 6.01. The fraction of sp³-hybridized carbons (Fsp3) is 0.286. The van der Waals surface area contributed by atoms with Gasteiger partial charge in [-0.2, -0.15) is 0 Å². The van der Waals surface area contributed by atoms with Gasteiger partial charge in [-0.3, -0.25) is 25.2 Å². The van der Waals surface area contributed by atoms with Crippen molar-refractivity contribution >= 4 is 23.4 Å². The molecule has 1 fully saturated rings. The number of benzene rings is 2. The summed E-state index contributed by atoms with van der Waals surface area (Å²) < 4.78 is 10.5. The van der Waals surface area contributed by atoms with Crippen molar-refractivity contribution in [3.8, 4) is 11.5 Å². The topological polar surface area (TPSA) is 97.0 Å². The summed E-state index contributed by atoms with van der Waals surface area (Å²) in [6.45, 7) is 2.02. The number of hydrazine groups is 1. The Morgan fingerprint density at radius 2 is 1.76 bits per heavy atom. The quantitative estimate of drug-likeness (QED) is 0.751. The molecule has 2 aromatic carbocycles. The van der Waals surface area contributed by atoms with E-state index in [1.807, 2.05) is 19.1 Å². The third-order valence-corrected chi connectivity index (χ3v) is 4.86. The molecule has 0 saturated carbocycles. The van der Waals surface area contributed by atoms with E-state index in [1.54, 1.807) is 30.3 Å². The predicted octanol–water partition coefficient (Wildman–Crippen LogP) is 1.83. The van der Waals surface area contributed by atoms with E-state index in [0.717, 1.165) is 5.56 Å². The second-order valence-electron chi connectivity index (χ2n) is 6.70. The molecule has 2 N–H and O–H groups in total. The van der Waals surface area contributed by atoms with Crippen molar-refractivity contribution in [3.05, 3.63) is 53.6 Å². The zero-order chi connectivity index (χ0) is 21.0. The third kappa shape index (κ3) is 4.31. The van der Waals surface area contributed by atoms with Gasteiger partial charge in [0.1, 0.15) is 0 Å². The van der Waals surface area contributed by atoms with Crippen molar-refractivity contribution in [1.29, 1.82) is 0 Å². The maximum Gasteiger partial charge on any atom is 0.269 e. The van der Waals surface area contributed by atoms with Gasteiger partial charge in [-0.15, -0.1) is 0 Å². The molecule has 1 unspecified atom stereocenters. The molecule has 2 aromatic rings. The van der Waals surface area contributed by atoms with Crippen molar-refractivity contribution < 1.29 is 23.9 Å². The van der Waals surface area contributed by atoms with E-state index in [2.05, 4.69) is 10.9 Å². The lowest BCUT2D eigenvalue weighted by atomic mass is 10.1. The summed E-state index contributed by atoms with van der Waals surface area (Å²) >= 11 is 0. The molecule has 0 radical (unpaired) electrons. The molecule has 1 atom stereocenters. The van der Waals surface area contributed by atoms with E-state index in [0.29, 0.717) is 22.7 Å². The molecular weight excluding hydrogens is 374 g/mol. The molecule has 0 aliphatic carbocycles. The summed E-state index contributed by atoms with van der Waals surface area (Å²) in [5.74, 6) is -0.525. The molecule has 0 bridgehead atoms. The number of nitrogens with one attached hydrogen (secondary N) is 2. The van der Waals surface area contributed by atoms with Crippen LogP contribution in [-0.4, -0.2) is 38.5 Å². The fourth-order valence-corrected chi connectivity index (χ4v) is 3.24. The van der Waals surface area contributed by atoms with Gasteiger partial charge >= 0.3 is 0 Å². The fourth-order valence-electron chi connectivity index (χ4n) is 3.24. The van der Waals surface area contributed by atoms with E-state index in [4.69, 9.17) is 9.47 Å². The molecule has 152 valence electrons. The van der Waals surface area contributed by atoms with Gasteiger partial charge in [-0.25, -0.2) is 0 Å². The molecule has 8 nitrogen and oxygen atoms in total. The maximum atomic E-state index is 12.5. The Hall–Kier alpha value is -3.55. The molecule has 8 heteroatoms. The average Bonchev–Trinajstić information content (AvgIpc) is 3.13. The summed E-state index contributed by atoms with van der Waals surface area (Å²) in [6.07, 6.45) is 0.0560. The van der Waals surface area contributed by atoms with E-state index >= 15 is 0 Å². The van der Waals surface area contributed by atoms with Crippen molar-refractivity contribution in [1.82, 2.24) is 10.9 Å². The van der Waals surface area contributed by atoms with Gasteiger partial charge in [-0.1, -0.05) is 18.2 Å². The number of carbonyl (C=O) groups excluding carboxylic acids is 3. The van der Waals surface area contributed by atoms with Crippen molar-refractivity contribution in [3.63, 3.8) is 0 Å². The van der Waals surface area contributed by atoms with Gasteiger partial charge in [0.05, 0.1) is 20.1 Å². The number of rotatable bonds is 5. The molecule has 1 aliphatic heterocycles. The van der Waals surface area contributed by atoms with E-state index in [9.17, 15) is 14.4 Å². The lowest BCUT2D eigenvalue weighted by Crippen LogP contribution is -2.45. The Labute approximate surface area is 168 Å². The van der Waals surface area contributed by atoms with E-state index < -0.39 is 17.7 Å². The minimum Gasteiger partial charge on any atom is -0.493 e. The normalized spacial score (nSPS) is 15.8. The molecule has 3 amide bonds. The molecule has 3 rings (SSSR count). The Morgan fingerprint density at radius 3 is 2.45 bits per heavy atom. The molecule has 0 spiro atoms. The van der Waals surface area contributed by atoms with E-state index in [1.165, 1.54) is 19.1 Å². The van der Waals surface area contributed by atoms with Crippen LogP contribution in [0, 0.1) is 12.8 Å². The first-order chi connectivity index (χ1) is 13.9. The average molecular weight is 397 g/mol. The predicted molar refractivity (Wildman–Crippen MR) is 107 cm³/mol. The number of anilines is 1. The lowest BCUT2D eigenvalue weighted by molar-refractivity contribution is -0.126. The van der Waals surface area contributed by atoms with Crippen LogP contribution in [0.4, 0.5) is 5.69 Å². The number of hydrogen-bond donors (Lipinski definition) is 2. The van der Waals surface area contributed by atoms with Crippen molar-refractivity contribution in [2.45, 2.75) is 13.3 Å². The zero-order valence-corrected chi connectivity index (χ0v) is 16.5. The Balaban J connectivity index is 1.63. The van der Waals surface area contributed by atoms with Crippen molar-refractivity contribution in [2.75, 3.05) is 25.7 Å². The molecule has 1 saturated heterocycles. The van der Waals surface area contributed by atoms with Crippen LogP contribution >= 0.6 is 0 Å². The van der Waals surface area contributed by atoms with Gasteiger partial charge < -0.3 is 14.4 Å². The smallest absolute Gasteiger partial charge is 0.269 e. The number of amides is 3. The van der Waals surface area contributed by atoms with Gasteiger partial charge in [0.25, 0.3) is 5.91 Å². The van der Waals surface area contributed by atoms with Crippen LogP contribution in [0.1, 0.15) is 22.3 Å². The maximum absolute atomic E-state index is 12.5. The minimum atomic E-state index is -0.576. The highest BCUT2D eigenvalue weighted by molar-refractivity contribution is 6.01. The molecule has 1 aliphatic rings. The van der Waals surface area contributed by atoms with Crippen LogP contribution in [0.5, 0.6) is 11.5 Å². The van der Waals surface area contributed by atoms with Crippen LogP contribution in [0.25, 0.3) is 0 Å². The molecule has 29 heavy (non-hydrogen) atoms. The van der Waals surface area contributed by atoms with Gasteiger partial charge in [0.2, 0.25) is 11.8 Å². The number of methoxy groups -OCH3 is 2. The SMILES string of the molecule is COc1ccc(N2CC(C(=O)NNC(=O)c3ccccc3C)CC2=O)cc1OC. The Morgan fingerprint density at radius 1 is 1.03 bits per heavy atom.